The molecule has 0 spiro atoms. The molecule has 0 radical (unpaired) electrons. The molecule has 2 amide bonds. The van der Waals surface area contributed by atoms with E-state index in [9.17, 15) is 4.79 Å². The summed E-state index contributed by atoms with van der Waals surface area (Å²) in [4.78, 5) is 11.6. The lowest BCUT2D eigenvalue weighted by atomic mass is 10.2. The summed E-state index contributed by atoms with van der Waals surface area (Å²) in [5.41, 5.74) is 1.93. The molecule has 0 saturated heterocycles. The lowest BCUT2D eigenvalue weighted by Crippen LogP contribution is -2.36. The van der Waals surface area contributed by atoms with Gasteiger partial charge in [-0.1, -0.05) is 31.5 Å². The van der Waals surface area contributed by atoms with Gasteiger partial charge in [-0.3, -0.25) is 0 Å². The summed E-state index contributed by atoms with van der Waals surface area (Å²) in [6.45, 7) is 6.10. The molecule has 3 heteroatoms. The van der Waals surface area contributed by atoms with Crippen molar-refractivity contribution in [2.24, 2.45) is 0 Å². The first-order valence-electron chi connectivity index (χ1n) is 5.76. The Labute approximate surface area is 97.2 Å². The van der Waals surface area contributed by atoms with Gasteiger partial charge >= 0.3 is 6.03 Å². The summed E-state index contributed by atoms with van der Waals surface area (Å²) < 4.78 is 0. The Morgan fingerprint density at radius 3 is 2.69 bits per heavy atom. The lowest BCUT2D eigenvalue weighted by Gasteiger charge is -2.14. The van der Waals surface area contributed by atoms with Crippen molar-refractivity contribution in [3.63, 3.8) is 0 Å². The van der Waals surface area contributed by atoms with E-state index in [0.717, 1.165) is 24.1 Å². The SMILES string of the molecule is CCCC(C)NC(=O)Nc1ccccc1C. The van der Waals surface area contributed by atoms with Crippen LogP contribution in [0.2, 0.25) is 0 Å². The van der Waals surface area contributed by atoms with Gasteiger partial charge < -0.3 is 10.6 Å². The van der Waals surface area contributed by atoms with Crippen LogP contribution in [0, 0.1) is 6.92 Å². The maximum Gasteiger partial charge on any atom is 0.319 e. The zero-order valence-corrected chi connectivity index (χ0v) is 10.2. The molecule has 0 aromatic heterocycles. The third-order valence-corrected chi connectivity index (χ3v) is 2.49. The van der Waals surface area contributed by atoms with Gasteiger partial charge in [0.25, 0.3) is 0 Å². The number of para-hydroxylation sites is 1. The fourth-order valence-corrected chi connectivity index (χ4v) is 1.60. The number of carbonyl (C=O) groups is 1. The number of urea groups is 1. The van der Waals surface area contributed by atoms with Crippen LogP contribution in [0.15, 0.2) is 24.3 Å². The fourth-order valence-electron chi connectivity index (χ4n) is 1.60. The van der Waals surface area contributed by atoms with Crippen molar-refractivity contribution in [2.75, 3.05) is 5.32 Å². The minimum atomic E-state index is -0.129. The molecule has 0 aliphatic rings. The Balaban J connectivity index is 2.49. The van der Waals surface area contributed by atoms with Crippen molar-refractivity contribution < 1.29 is 4.79 Å². The summed E-state index contributed by atoms with van der Waals surface area (Å²) in [6.07, 6.45) is 2.08. The normalized spacial score (nSPS) is 11.9. The summed E-state index contributed by atoms with van der Waals surface area (Å²) in [5, 5.41) is 5.76. The Bertz CT molecular complexity index is 350. The Morgan fingerprint density at radius 2 is 2.06 bits per heavy atom. The van der Waals surface area contributed by atoms with Crippen molar-refractivity contribution in [1.29, 1.82) is 0 Å². The van der Waals surface area contributed by atoms with Gasteiger partial charge in [0.2, 0.25) is 0 Å². The number of hydrogen-bond donors (Lipinski definition) is 2. The fraction of sp³-hybridized carbons (Fsp3) is 0.462. The van der Waals surface area contributed by atoms with E-state index >= 15 is 0 Å². The van der Waals surface area contributed by atoms with Crippen LogP contribution in [0.3, 0.4) is 0 Å². The topological polar surface area (TPSA) is 41.1 Å². The number of aryl methyl sites for hydroxylation is 1. The molecule has 0 aliphatic heterocycles. The predicted molar refractivity (Wildman–Crippen MR) is 67.7 cm³/mol. The van der Waals surface area contributed by atoms with Crippen LogP contribution in [0.5, 0.6) is 0 Å². The van der Waals surface area contributed by atoms with Gasteiger partial charge in [-0.25, -0.2) is 4.79 Å². The number of nitrogens with one attached hydrogen (secondary N) is 2. The van der Waals surface area contributed by atoms with Crippen molar-refractivity contribution in [1.82, 2.24) is 5.32 Å². The first-order chi connectivity index (χ1) is 7.63. The van der Waals surface area contributed by atoms with Crippen molar-refractivity contribution in [3.8, 4) is 0 Å². The molecule has 0 bridgehead atoms. The Hall–Kier alpha value is -1.51. The van der Waals surface area contributed by atoms with Crippen LogP contribution in [-0.4, -0.2) is 12.1 Å². The predicted octanol–water partition coefficient (Wildman–Crippen LogP) is 3.31. The van der Waals surface area contributed by atoms with Gasteiger partial charge in [0.15, 0.2) is 0 Å². The zero-order valence-electron chi connectivity index (χ0n) is 10.2. The largest absolute Gasteiger partial charge is 0.335 e. The third kappa shape index (κ3) is 3.93. The maximum atomic E-state index is 11.6. The molecule has 2 N–H and O–H groups in total. The van der Waals surface area contributed by atoms with Crippen LogP contribution in [0.4, 0.5) is 10.5 Å². The number of rotatable bonds is 4. The van der Waals surface area contributed by atoms with Gasteiger partial charge in [0, 0.05) is 11.7 Å². The van der Waals surface area contributed by atoms with E-state index in [0.29, 0.717) is 0 Å². The molecule has 1 rings (SSSR count). The number of anilines is 1. The van der Waals surface area contributed by atoms with Crippen molar-refractivity contribution >= 4 is 11.7 Å². The van der Waals surface area contributed by atoms with Crippen LogP contribution >= 0.6 is 0 Å². The number of carbonyl (C=O) groups excluding carboxylic acids is 1. The quantitative estimate of drug-likeness (QED) is 0.803. The minimum absolute atomic E-state index is 0.129. The van der Waals surface area contributed by atoms with Crippen LogP contribution in [0.1, 0.15) is 32.3 Å². The summed E-state index contributed by atoms with van der Waals surface area (Å²) >= 11 is 0. The first kappa shape index (κ1) is 12.6. The average Bonchev–Trinajstić information content (AvgIpc) is 2.21. The zero-order chi connectivity index (χ0) is 12.0. The van der Waals surface area contributed by atoms with Crippen LogP contribution in [-0.2, 0) is 0 Å². The highest BCUT2D eigenvalue weighted by Crippen LogP contribution is 2.12. The molecule has 1 unspecified atom stereocenters. The van der Waals surface area contributed by atoms with E-state index in [-0.39, 0.29) is 12.1 Å². The van der Waals surface area contributed by atoms with Gasteiger partial charge in [-0.2, -0.15) is 0 Å². The van der Waals surface area contributed by atoms with Gasteiger partial charge in [-0.05, 0) is 31.9 Å². The number of benzene rings is 1. The van der Waals surface area contributed by atoms with E-state index in [4.69, 9.17) is 0 Å². The molecule has 1 atom stereocenters. The second-order valence-electron chi connectivity index (χ2n) is 4.10. The Kier molecular flexibility index (Phi) is 4.83. The monoisotopic (exact) mass is 220 g/mol. The number of hydrogen-bond acceptors (Lipinski definition) is 1. The van der Waals surface area contributed by atoms with E-state index in [2.05, 4.69) is 17.6 Å². The summed E-state index contributed by atoms with van der Waals surface area (Å²) in [5.74, 6) is 0. The van der Waals surface area contributed by atoms with Crippen LogP contribution < -0.4 is 10.6 Å². The molecular formula is C13H20N2O. The van der Waals surface area contributed by atoms with Crippen molar-refractivity contribution in [2.45, 2.75) is 39.7 Å². The van der Waals surface area contributed by atoms with Gasteiger partial charge in [0.05, 0.1) is 0 Å². The molecular weight excluding hydrogens is 200 g/mol. The highest BCUT2D eigenvalue weighted by molar-refractivity contribution is 5.90. The smallest absolute Gasteiger partial charge is 0.319 e. The van der Waals surface area contributed by atoms with E-state index in [1.807, 2.05) is 38.1 Å². The highest BCUT2D eigenvalue weighted by Gasteiger charge is 2.06. The maximum absolute atomic E-state index is 11.6. The van der Waals surface area contributed by atoms with Gasteiger partial charge in [-0.15, -0.1) is 0 Å². The van der Waals surface area contributed by atoms with Crippen molar-refractivity contribution in [3.05, 3.63) is 29.8 Å². The standard InChI is InChI=1S/C13H20N2O/c1-4-7-11(3)14-13(16)15-12-9-6-5-8-10(12)2/h5-6,8-9,11H,4,7H2,1-3H3,(H2,14,15,16). The molecule has 1 aromatic carbocycles. The summed E-state index contributed by atoms with van der Waals surface area (Å²) in [7, 11) is 0. The van der Waals surface area contributed by atoms with E-state index < -0.39 is 0 Å². The first-order valence-corrected chi connectivity index (χ1v) is 5.76. The van der Waals surface area contributed by atoms with Crippen LogP contribution in [0.25, 0.3) is 0 Å². The molecule has 3 nitrogen and oxygen atoms in total. The molecule has 0 saturated carbocycles. The molecule has 0 heterocycles. The average molecular weight is 220 g/mol. The second-order valence-corrected chi connectivity index (χ2v) is 4.10. The lowest BCUT2D eigenvalue weighted by molar-refractivity contribution is 0.248. The van der Waals surface area contributed by atoms with E-state index in [1.165, 1.54) is 0 Å². The third-order valence-electron chi connectivity index (χ3n) is 2.49. The molecule has 0 fully saturated rings. The summed E-state index contributed by atoms with van der Waals surface area (Å²) in [6, 6.07) is 7.84. The molecule has 0 aliphatic carbocycles. The Morgan fingerprint density at radius 1 is 1.38 bits per heavy atom. The second kappa shape index (κ2) is 6.16. The molecule has 16 heavy (non-hydrogen) atoms. The molecule has 88 valence electrons. The number of amides is 2. The highest BCUT2D eigenvalue weighted by atomic mass is 16.2. The molecule has 1 aromatic rings. The van der Waals surface area contributed by atoms with Gasteiger partial charge in [0.1, 0.15) is 0 Å². The minimum Gasteiger partial charge on any atom is -0.335 e. The van der Waals surface area contributed by atoms with E-state index in [1.54, 1.807) is 0 Å².